The van der Waals surface area contributed by atoms with Crippen LogP contribution in [0.2, 0.25) is 0 Å². The zero-order valence-electron chi connectivity index (χ0n) is 13.8. The van der Waals surface area contributed by atoms with Gasteiger partial charge in [-0.25, -0.2) is 0 Å². The van der Waals surface area contributed by atoms with Crippen LogP contribution < -0.4 is 5.32 Å². The first-order valence-electron chi connectivity index (χ1n) is 7.71. The van der Waals surface area contributed by atoms with Crippen molar-refractivity contribution in [3.05, 3.63) is 29.8 Å². The molecule has 124 valence electrons. The molecular formula is C17H23N3O3. The molecule has 1 heterocycles. The van der Waals surface area contributed by atoms with Gasteiger partial charge in [0.1, 0.15) is 0 Å². The molecule has 2 rings (SSSR count). The van der Waals surface area contributed by atoms with E-state index in [0.29, 0.717) is 31.9 Å². The quantitative estimate of drug-likeness (QED) is 0.659. The Balaban J connectivity index is 1.94. The number of anilines is 1. The Bertz CT molecular complexity index is 582. The van der Waals surface area contributed by atoms with Crippen LogP contribution in [-0.4, -0.2) is 54.2 Å². The molecule has 1 saturated heterocycles. The minimum Gasteiger partial charge on any atom is -0.342 e. The molecule has 0 aromatic heterocycles. The lowest BCUT2D eigenvalue weighted by Gasteiger charge is -2.32. The first-order valence-corrected chi connectivity index (χ1v) is 7.71. The lowest BCUT2D eigenvalue weighted by atomic mass is 9.87. The van der Waals surface area contributed by atoms with Gasteiger partial charge in [-0.1, -0.05) is 32.9 Å². The predicted octanol–water partition coefficient (Wildman–Crippen LogP) is 1.22. The summed E-state index contributed by atoms with van der Waals surface area (Å²) in [6.45, 7) is 8.03. The molecule has 0 spiro atoms. The van der Waals surface area contributed by atoms with Crippen LogP contribution in [0.25, 0.3) is 0 Å². The van der Waals surface area contributed by atoms with Crippen molar-refractivity contribution < 1.29 is 14.4 Å². The molecule has 0 aliphatic carbocycles. The van der Waals surface area contributed by atoms with E-state index >= 15 is 0 Å². The number of rotatable bonds is 2. The third kappa shape index (κ3) is 4.31. The first-order chi connectivity index (χ1) is 10.8. The number of carbonyl (C=O) groups excluding carboxylic acids is 3. The highest BCUT2D eigenvalue weighted by Crippen LogP contribution is 2.23. The van der Waals surface area contributed by atoms with Crippen LogP contribution in [0.5, 0.6) is 0 Å². The SMILES string of the molecule is CC(C)(C)c1ccc(NC(=O)C(=O)N2CCN(C=O)CC2)cc1. The third-order valence-corrected chi connectivity index (χ3v) is 3.95. The van der Waals surface area contributed by atoms with Crippen molar-refractivity contribution in [3.8, 4) is 0 Å². The van der Waals surface area contributed by atoms with E-state index < -0.39 is 11.8 Å². The lowest BCUT2D eigenvalue weighted by Crippen LogP contribution is -2.51. The molecule has 0 bridgehead atoms. The molecule has 1 aromatic rings. The van der Waals surface area contributed by atoms with Crippen molar-refractivity contribution >= 4 is 23.9 Å². The summed E-state index contributed by atoms with van der Waals surface area (Å²) in [7, 11) is 0. The van der Waals surface area contributed by atoms with Crippen molar-refractivity contribution in [2.75, 3.05) is 31.5 Å². The molecule has 0 saturated carbocycles. The predicted molar refractivity (Wildman–Crippen MR) is 88.0 cm³/mol. The van der Waals surface area contributed by atoms with E-state index in [0.717, 1.165) is 12.0 Å². The van der Waals surface area contributed by atoms with Gasteiger partial charge in [0, 0.05) is 31.9 Å². The molecule has 1 aliphatic heterocycles. The number of nitrogens with one attached hydrogen (secondary N) is 1. The molecule has 0 radical (unpaired) electrons. The normalized spacial score (nSPS) is 15.3. The van der Waals surface area contributed by atoms with Crippen molar-refractivity contribution in [1.29, 1.82) is 0 Å². The van der Waals surface area contributed by atoms with Gasteiger partial charge in [-0.05, 0) is 23.1 Å². The molecule has 1 aliphatic rings. The van der Waals surface area contributed by atoms with Gasteiger partial charge in [0.25, 0.3) is 0 Å². The Morgan fingerprint density at radius 3 is 2.09 bits per heavy atom. The van der Waals surface area contributed by atoms with Crippen LogP contribution in [0, 0.1) is 0 Å². The average Bonchev–Trinajstić information content (AvgIpc) is 2.54. The van der Waals surface area contributed by atoms with Crippen LogP contribution in [0.4, 0.5) is 5.69 Å². The number of amides is 3. The Morgan fingerprint density at radius 2 is 1.61 bits per heavy atom. The fraction of sp³-hybridized carbons (Fsp3) is 0.471. The third-order valence-electron chi connectivity index (χ3n) is 3.95. The maximum Gasteiger partial charge on any atom is 0.313 e. The fourth-order valence-electron chi connectivity index (χ4n) is 2.41. The van der Waals surface area contributed by atoms with Gasteiger partial charge in [-0.2, -0.15) is 0 Å². The van der Waals surface area contributed by atoms with Gasteiger partial charge in [0.2, 0.25) is 6.41 Å². The van der Waals surface area contributed by atoms with Crippen LogP contribution >= 0.6 is 0 Å². The number of piperazine rings is 1. The second-order valence-corrected chi connectivity index (χ2v) is 6.72. The van der Waals surface area contributed by atoms with E-state index in [1.54, 1.807) is 17.0 Å². The molecule has 1 aromatic carbocycles. The fourth-order valence-corrected chi connectivity index (χ4v) is 2.41. The Kier molecular flexibility index (Phi) is 5.03. The smallest absolute Gasteiger partial charge is 0.313 e. The zero-order chi connectivity index (χ0) is 17.0. The van der Waals surface area contributed by atoms with Crippen molar-refractivity contribution in [1.82, 2.24) is 9.80 Å². The summed E-state index contributed by atoms with van der Waals surface area (Å²) >= 11 is 0. The van der Waals surface area contributed by atoms with Crippen molar-refractivity contribution in [2.24, 2.45) is 0 Å². The van der Waals surface area contributed by atoms with E-state index in [1.807, 2.05) is 12.1 Å². The molecular weight excluding hydrogens is 294 g/mol. The topological polar surface area (TPSA) is 69.7 Å². The molecule has 0 unspecified atom stereocenters. The summed E-state index contributed by atoms with van der Waals surface area (Å²) in [5, 5.41) is 2.63. The van der Waals surface area contributed by atoms with Gasteiger partial charge in [-0.3, -0.25) is 14.4 Å². The number of benzene rings is 1. The molecule has 1 fully saturated rings. The number of carbonyl (C=O) groups is 3. The van der Waals surface area contributed by atoms with Gasteiger partial charge in [-0.15, -0.1) is 0 Å². The monoisotopic (exact) mass is 317 g/mol. The minimum atomic E-state index is -0.645. The summed E-state index contributed by atoms with van der Waals surface area (Å²) in [6.07, 6.45) is 0.763. The Hall–Kier alpha value is -2.37. The highest BCUT2D eigenvalue weighted by atomic mass is 16.2. The molecule has 0 atom stereocenters. The van der Waals surface area contributed by atoms with Crippen LogP contribution in [-0.2, 0) is 19.8 Å². The second-order valence-electron chi connectivity index (χ2n) is 6.72. The van der Waals surface area contributed by atoms with Gasteiger partial charge < -0.3 is 15.1 Å². The molecule has 1 N–H and O–H groups in total. The van der Waals surface area contributed by atoms with E-state index in [2.05, 4.69) is 26.1 Å². The molecule has 6 heteroatoms. The summed E-state index contributed by atoms with van der Waals surface area (Å²) in [4.78, 5) is 37.9. The van der Waals surface area contributed by atoms with E-state index in [9.17, 15) is 14.4 Å². The summed E-state index contributed by atoms with van der Waals surface area (Å²) in [6, 6.07) is 7.50. The number of hydrogen-bond donors (Lipinski definition) is 1. The Morgan fingerprint density at radius 1 is 1.04 bits per heavy atom. The lowest BCUT2D eigenvalue weighted by molar-refractivity contribution is -0.144. The maximum absolute atomic E-state index is 12.1. The van der Waals surface area contributed by atoms with E-state index in [4.69, 9.17) is 0 Å². The van der Waals surface area contributed by atoms with Gasteiger partial charge in [0.15, 0.2) is 0 Å². The average molecular weight is 317 g/mol. The summed E-state index contributed by atoms with van der Waals surface area (Å²) < 4.78 is 0. The maximum atomic E-state index is 12.1. The number of nitrogens with zero attached hydrogens (tertiary/aromatic N) is 2. The highest BCUT2D eigenvalue weighted by molar-refractivity contribution is 6.39. The van der Waals surface area contributed by atoms with Crippen molar-refractivity contribution in [2.45, 2.75) is 26.2 Å². The van der Waals surface area contributed by atoms with E-state index in [-0.39, 0.29) is 5.41 Å². The standard InChI is InChI=1S/C17H23N3O3/c1-17(2,3)13-4-6-14(7-5-13)18-15(22)16(23)20-10-8-19(12-21)9-11-20/h4-7,12H,8-11H2,1-3H3,(H,18,22). The minimum absolute atomic E-state index is 0.0383. The largest absolute Gasteiger partial charge is 0.342 e. The first kappa shape index (κ1) is 17.0. The van der Waals surface area contributed by atoms with Crippen molar-refractivity contribution in [3.63, 3.8) is 0 Å². The highest BCUT2D eigenvalue weighted by Gasteiger charge is 2.25. The summed E-state index contributed by atoms with van der Waals surface area (Å²) in [5.41, 5.74) is 1.80. The Labute approximate surface area is 136 Å². The van der Waals surface area contributed by atoms with E-state index in [1.165, 1.54) is 4.90 Å². The second kappa shape index (κ2) is 6.81. The van der Waals surface area contributed by atoms with Gasteiger partial charge >= 0.3 is 11.8 Å². The van der Waals surface area contributed by atoms with Crippen LogP contribution in [0.1, 0.15) is 26.3 Å². The van der Waals surface area contributed by atoms with Crippen LogP contribution in [0.3, 0.4) is 0 Å². The zero-order valence-corrected chi connectivity index (χ0v) is 13.8. The number of hydrogen-bond acceptors (Lipinski definition) is 3. The van der Waals surface area contributed by atoms with Gasteiger partial charge in [0.05, 0.1) is 0 Å². The van der Waals surface area contributed by atoms with Crippen LogP contribution in [0.15, 0.2) is 24.3 Å². The molecule has 3 amide bonds. The molecule has 23 heavy (non-hydrogen) atoms. The summed E-state index contributed by atoms with van der Waals surface area (Å²) in [5.74, 6) is -1.21. The molecule has 6 nitrogen and oxygen atoms in total.